The zero-order valence-electron chi connectivity index (χ0n) is 16.1. The van der Waals surface area contributed by atoms with Crippen LogP contribution in [-0.2, 0) is 28.4 Å². The molecule has 0 saturated carbocycles. The topological polar surface area (TPSA) is 113 Å². The van der Waals surface area contributed by atoms with E-state index in [1.165, 1.54) is 0 Å². The van der Waals surface area contributed by atoms with Gasteiger partial charge in [-0.2, -0.15) is 26.3 Å². The quantitative estimate of drug-likeness (QED) is 0.471. The van der Waals surface area contributed by atoms with E-state index in [1.54, 1.807) is 35.6 Å². The van der Waals surface area contributed by atoms with E-state index in [4.69, 9.17) is 5.73 Å². The lowest BCUT2D eigenvalue weighted by atomic mass is 9.96. The van der Waals surface area contributed by atoms with Gasteiger partial charge in [0.25, 0.3) is 5.91 Å². The summed E-state index contributed by atoms with van der Waals surface area (Å²) in [4.78, 5) is 23.9. The van der Waals surface area contributed by atoms with Gasteiger partial charge in [0, 0.05) is 6.04 Å². The molecule has 0 spiro atoms. The molecule has 0 aliphatic rings. The Bertz CT molecular complexity index is 963. The maximum absolute atomic E-state index is 13.3. The minimum Gasteiger partial charge on any atom is -0.479 e. The van der Waals surface area contributed by atoms with Gasteiger partial charge >= 0.3 is 18.3 Å². The number of aliphatic carboxylic acids is 1. The van der Waals surface area contributed by atoms with E-state index < -0.39 is 59.1 Å². The van der Waals surface area contributed by atoms with Crippen molar-refractivity contribution in [3.05, 3.63) is 70.8 Å². The van der Waals surface area contributed by atoms with Crippen LogP contribution in [0.5, 0.6) is 0 Å². The first-order chi connectivity index (χ1) is 14.7. The summed E-state index contributed by atoms with van der Waals surface area (Å²) in [5.74, 6) is -3.52. The Morgan fingerprint density at radius 3 is 2.06 bits per heavy atom. The lowest BCUT2D eigenvalue weighted by Crippen LogP contribution is -2.49. The molecular weight excluding hydrogens is 446 g/mol. The number of nitrogens with one attached hydrogen (secondary N) is 1. The molecule has 0 radical (unpaired) electrons. The van der Waals surface area contributed by atoms with Gasteiger partial charge in [-0.1, -0.05) is 30.3 Å². The molecule has 0 fully saturated rings. The molecule has 0 unspecified atom stereocenters. The van der Waals surface area contributed by atoms with Gasteiger partial charge in [-0.05, 0) is 35.7 Å². The maximum atomic E-state index is 13.3. The van der Waals surface area contributed by atoms with Crippen LogP contribution in [0.3, 0.4) is 0 Å². The Hall–Kier alpha value is -3.12. The van der Waals surface area contributed by atoms with Crippen molar-refractivity contribution in [1.82, 2.24) is 5.32 Å². The molecule has 0 bridgehead atoms. The highest BCUT2D eigenvalue weighted by atomic mass is 19.4. The molecule has 2 rings (SSSR count). The largest absolute Gasteiger partial charge is 0.479 e. The molecule has 2 aromatic rings. The second kappa shape index (κ2) is 9.57. The molecular formula is C20H18F6N2O4. The van der Waals surface area contributed by atoms with E-state index in [1.807, 2.05) is 0 Å². The molecule has 12 heteroatoms. The van der Waals surface area contributed by atoms with E-state index in [0.29, 0.717) is 5.56 Å². The number of aliphatic hydroxyl groups excluding tert-OH is 1. The number of aliphatic hydroxyl groups is 1. The van der Waals surface area contributed by atoms with Crippen LogP contribution in [0.4, 0.5) is 26.3 Å². The fourth-order valence-electron chi connectivity index (χ4n) is 2.93. The predicted octanol–water partition coefficient (Wildman–Crippen LogP) is 2.90. The summed E-state index contributed by atoms with van der Waals surface area (Å²) in [6.07, 6.45) is -12.4. The number of carbonyl (C=O) groups is 2. The fourth-order valence-corrected chi connectivity index (χ4v) is 2.93. The molecule has 3 atom stereocenters. The first kappa shape index (κ1) is 25.1. The van der Waals surface area contributed by atoms with Crippen LogP contribution in [0.1, 0.15) is 28.3 Å². The Labute approximate surface area is 177 Å². The number of benzene rings is 2. The van der Waals surface area contributed by atoms with Gasteiger partial charge in [-0.25, -0.2) is 4.79 Å². The molecule has 0 aliphatic carbocycles. The van der Waals surface area contributed by atoms with E-state index in [9.17, 15) is 46.1 Å². The summed E-state index contributed by atoms with van der Waals surface area (Å²) >= 11 is 0. The van der Waals surface area contributed by atoms with Gasteiger partial charge in [-0.15, -0.1) is 0 Å². The van der Waals surface area contributed by atoms with Gasteiger partial charge in [0.15, 0.2) is 6.04 Å². The fraction of sp³-hybridized carbons (Fsp3) is 0.300. The summed E-state index contributed by atoms with van der Waals surface area (Å²) < 4.78 is 78.9. The Morgan fingerprint density at radius 2 is 1.56 bits per heavy atom. The van der Waals surface area contributed by atoms with E-state index in [2.05, 4.69) is 0 Å². The molecule has 0 saturated heterocycles. The van der Waals surface area contributed by atoms with Crippen molar-refractivity contribution in [3.63, 3.8) is 0 Å². The number of hydrogen-bond donors (Lipinski definition) is 4. The molecule has 5 N–H and O–H groups in total. The van der Waals surface area contributed by atoms with Crippen molar-refractivity contribution in [1.29, 1.82) is 0 Å². The molecule has 0 aliphatic heterocycles. The highest BCUT2D eigenvalue weighted by Crippen LogP contribution is 2.38. The normalized spacial score (nSPS) is 15.0. The third-order valence-corrected chi connectivity index (χ3v) is 4.52. The lowest BCUT2D eigenvalue weighted by molar-refractivity contribution is -0.147. The zero-order valence-corrected chi connectivity index (χ0v) is 16.1. The second-order valence-electron chi connectivity index (χ2n) is 6.88. The molecule has 6 nitrogen and oxygen atoms in total. The number of carboxylic acid groups (broad SMARTS) is 1. The van der Waals surface area contributed by atoms with Crippen LogP contribution < -0.4 is 11.1 Å². The molecule has 174 valence electrons. The summed E-state index contributed by atoms with van der Waals surface area (Å²) in [5.41, 5.74) is 1.79. The third kappa shape index (κ3) is 6.20. The van der Waals surface area contributed by atoms with Gasteiger partial charge in [0.1, 0.15) is 6.10 Å². The first-order valence-corrected chi connectivity index (χ1v) is 9.01. The summed E-state index contributed by atoms with van der Waals surface area (Å²) in [5, 5.41) is 21.1. The van der Waals surface area contributed by atoms with E-state index >= 15 is 0 Å². The van der Waals surface area contributed by atoms with Crippen LogP contribution in [-0.4, -0.2) is 34.2 Å². The number of hydrogen-bond acceptors (Lipinski definition) is 4. The summed E-state index contributed by atoms with van der Waals surface area (Å²) in [6.45, 7) is 0. The highest BCUT2D eigenvalue weighted by Gasteiger charge is 2.41. The number of carboxylic acids is 1. The predicted molar refractivity (Wildman–Crippen MR) is 99.1 cm³/mol. The SMILES string of the molecule is N[C@H](Cc1ccccc1)[C@H](O)C(=O)N[C@@H](C(=O)O)c1cc(C(F)(F)F)ccc1C(F)(F)F. The first-order valence-electron chi connectivity index (χ1n) is 9.01. The van der Waals surface area contributed by atoms with Crippen molar-refractivity contribution in [2.75, 3.05) is 0 Å². The number of rotatable bonds is 7. The van der Waals surface area contributed by atoms with Gasteiger partial charge in [0.05, 0.1) is 11.1 Å². The Kier molecular flexibility index (Phi) is 7.52. The third-order valence-electron chi connectivity index (χ3n) is 4.52. The average molecular weight is 464 g/mol. The minimum atomic E-state index is -5.21. The summed E-state index contributed by atoms with van der Waals surface area (Å²) in [7, 11) is 0. The average Bonchev–Trinajstić information content (AvgIpc) is 2.70. The van der Waals surface area contributed by atoms with Crippen LogP contribution in [0.2, 0.25) is 0 Å². The smallest absolute Gasteiger partial charge is 0.416 e. The monoisotopic (exact) mass is 464 g/mol. The molecule has 0 heterocycles. The molecule has 2 aromatic carbocycles. The zero-order chi connectivity index (χ0) is 24.3. The van der Waals surface area contributed by atoms with Crippen LogP contribution in [0.15, 0.2) is 48.5 Å². The second-order valence-corrected chi connectivity index (χ2v) is 6.88. The highest BCUT2D eigenvalue weighted by molar-refractivity contribution is 5.87. The van der Waals surface area contributed by atoms with Crippen LogP contribution in [0.25, 0.3) is 0 Å². The number of nitrogens with two attached hydrogens (primary N) is 1. The lowest BCUT2D eigenvalue weighted by Gasteiger charge is -2.24. The Balaban J connectivity index is 2.35. The van der Waals surface area contributed by atoms with Crippen molar-refractivity contribution in [2.24, 2.45) is 5.73 Å². The van der Waals surface area contributed by atoms with Gasteiger partial charge in [-0.3, -0.25) is 4.79 Å². The van der Waals surface area contributed by atoms with Gasteiger partial charge in [0.2, 0.25) is 0 Å². The maximum Gasteiger partial charge on any atom is 0.416 e. The van der Waals surface area contributed by atoms with Gasteiger partial charge < -0.3 is 21.3 Å². The van der Waals surface area contributed by atoms with Crippen LogP contribution in [0, 0.1) is 0 Å². The van der Waals surface area contributed by atoms with E-state index in [0.717, 1.165) is 0 Å². The van der Waals surface area contributed by atoms with Crippen molar-refractivity contribution >= 4 is 11.9 Å². The Morgan fingerprint density at radius 1 is 0.969 bits per heavy atom. The number of halogens is 6. The minimum absolute atomic E-state index is 0.00182. The summed E-state index contributed by atoms with van der Waals surface area (Å²) in [6, 6.07) is 4.69. The van der Waals surface area contributed by atoms with Crippen LogP contribution >= 0.6 is 0 Å². The number of amides is 1. The molecule has 0 aromatic heterocycles. The number of carbonyl (C=O) groups excluding carboxylic acids is 1. The van der Waals surface area contributed by atoms with Crippen molar-refractivity contribution in [2.45, 2.75) is 37.0 Å². The van der Waals surface area contributed by atoms with Crippen molar-refractivity contribution < 1.29 is 46.1 Å². The van der Waals surface area contributed by atoms with E-state index in [-0.39, 0.29) is 24.6 Å². The molecule has 32 heavy (non-hydrogen) atoms. The van der Waals surface area contributed by atoms with Crippen molar-refractivity contribution in [3.8, 4) is 0 Å². The molecule has 1 amide bonds. The standard InChI is InChI=1S/C20H18F6N2O4/c21-19(22,23)11-6-7-13(20(24,25)26)12(9-11)15(18(31)32)28-17(30)16(29)14(27)8-10-4-2-1-3-5-10/h1-7,9,14-16,29H,8,27H2,(H,28,30)(H,31,32)/t14-,15-,16+/m1/s1. The number of alkyl halides is 6.